The van der Waals surface area contributed by atoms with Crippen LogP contribution in [-0.2, 0) is 19.2 Å². The SMILES string of the molecule is CCOC(=O)CNC(=O)C(C#N)=NOC. The fourth-order valence-electron chi connectivity index (χ4n) is 0.652. The number of hydrogen-bond donors (Lipinski definition) is 1. The lowest BCUT2D eigenvalue weighted by molar-refractivity contribution is -0.142. The number of carbonyl (C=O) groups excluding carboxylic acids is 2. The number of hydrogen-bond acceptors (Lipinski definition) is 6. The summed E-state index contributed by atoms with van der Waals surface area (Å²) in [5, 5.41) is 13.8. The minimum absolute atomic E-state index is 0.228. The molecule has 0 aliphatic rings. The highest BCUT2D eigenvalue weighted by Gasteiger charge is 2.12. The Balaban J connectivity index is 4.09. The molecule has 7 nitrogen and oxygen atoms in total. The number of nitrogens with one attached hydrogen (secondary N) is 1. The smallest absolute Gasteiger partial charge is 0.325 e. The van der Waals surface area contributed by atoms with Gasteiger partial charge in [0.15, 0.2) is 0 Å². The molecule has 0 unspecified atom stereocenters. The molecule has 0 rings (SSSR count). The maximum Gasteiger partial charge on any atom is 0.325 e. The van der Waals surface area contributed by atoms with Crippen LogP contribution in [0.25, 0.3) is 0 Å². The van der Waals surface area contributed by atoms with Crippen molar-refractivity contribution < 1.29 is 19.2 Å². The van der Waals surface area contributed by atoms with Crippen LogP contribution in [0.15, 0.2) is 5.16 Å². The van der Waals surface area contributed by atoms with E-state index < -0.39 is 17.6 Å². The highest BCUT2D eigenvalue weighted by molar-refractivity contribution is 6.45. The first kappa shape index (κ1) is 12.9. The second kappa shape index (κ2) is 7.32. The van der Waals surface area contributed by atoms with Crippen molar-refractivity contribution in [2.45, 2.75) is 6.92 Å². The third kappa shape index (κ3) is 5.25. The molecule has 0 aliphatic heterocycles. The Bertz CT molecular complexity index is 305. The number of carbonyl (C=O) groups is 2. The molecule has 7 heteroatoms. The van der Waals surface area contributed by atoms with Crippen LogP contribution in [0.5, 0.6) is 0 Å². The first-order valence-electron chi connectivity index (χ1n) is 4.10. The van der Waals surface area contributed by atoms with Crippen molar-refractivity contribution in [1.82, 2.24) is 5.32 Å². The van der Waals surface area contributed by atoms with Gasteiger partial charge in [-0.3, -0.25) is 9.59 Å². The normalized spacial score (nSPS) is 10.1. The van der Waals surface area contributed by atoms with Crippen molar-refractivity contribution in [2.24, 2.45) is 5.16 Å². The van der Waals surface area contributed by atoms with Crippen LogP contribution in [0.1, 0.15) is 6.92 Å². The summed E-state index contributed by atoms with van der Waals surface area (Å²) in [7, 11) is 1.20. The summed E-state index contributed by atoms with van der Waals surface area (Å²) >= 11 is 0. The molecule has 0 bridgehead atoms. The lowest BCUT2D eigenvalue weighted by Gasteiger charge is -2.02. The minimum atomic E-state index is -0.785. The summed E-state index contributed by atoms with van der Waals surface area (Å²) in [6.45, 7) is 1.57. The van der Waals surface area contributed by atoms with Crippen molar-refractivity contribution >= 4 is 17.6 Å². The molecule has 0 aromatic heterocycles. The standard InChI is InChI=1S/C8H11N3O4/c1-3-15-7(12)5-10-8(13)6(4-9)11-14-2/h3,5H2,1-2H3,(H,10,13). The quantitative estimate of drug-likeness (QED) is 0.365. The molecular formula is C8H11N3O4. The van der Waals surface area contributed by atoms with Gasteiger partial charge in [0.05, 0.1) is 6.61 Å². The van der Waals surface area contributed by atoms with Crippen LogP contribution in [-0.4, -0.2) is 37.8 Å². The van der Waals surface area contributed by atoms with Crippen LogP contribution in [0, 0.1) is 11.3 Å². The van der Waals surface area contributed by atoms with Crippen LogP contribution in [0.2, 0.25) is 0 Å². The third-order valence-corrected chi connectivity index (χ3v) is 1.20. The first-order valence-corrected chi connectivity index (χ1v) is 4.10. The van der Waals surface area contributed by atoms with E-state index in [-0.39, 0.29) is 13.2 Å². The van der Waals surface area contributed by atoms with E-state index in [2.05, 4.69) is 20.0 Å². The molecule has 0 aromatic rings. The Hall–Kier alpha value is -2.10. The lowest BCUT2D eigenvalue weighted by Crippen LogP contribution is -2.35. The summed E-state index contributed by atoms with van der Waals surface area (Å²) in [5.41, 5.74) is -0.457. The highest BCUT2D eigenvalue weighted by atomic mass is 16.6. The molecule has 0 aromatic carbocycles. The molecular weight excluding hydrogens is 202 g/mol. The van der Waals surface area contributed by atoms with Gasteiger partial charge in [-0.2, -0.15) is 5.26 Å². The largest absolute Gasteiger partial charge is 0.465 e. The second-order valence-corrected chi connectivity index (χ2v) is 2.22. The Labute approximate surface area is 86.6 Å². The molecule has 0 fully saturated rings. The molecule has 0 spiro atoms. The van der Waals surface area contributed by atoms with Gasteiger partial charge in [0.1, 0.15) is 19.7 Å². The predicted octanol–water partition coefficient (Wildman–Crippen LogP) is -0.808. The molecule has 0 aliphatic carbocycles. The fourth-order valence-corrected chi connectivity index (χ4v) is 0.652. The molecule has 0 saturated carbocycles. The molecule has 82 valence electrons. The van der Waals surface area contributed by atoms with Crippen molar-refractivity contribution in [3.8, 4) is 6.07 Å². The zero-order valence-electron chi connectivity index (χ0n) is 8.44. The number of ether oxygens (including phenoxy) is 1. The molecule has 15 heavy (non-hydrogen) atoms. The average Bonchev–Trinajstić information content (AvgIpc) is 2.23. The van der Waals surface area contributed by atoms with Gasteiger partial charge in [-0.05, 0) is 6.92 Å². The van der Waals surface area contributed by atoms with Crippen molar-refractivity contribution in [3.63, 3.8) is 0 Å². The lowest BCUT2D eigenvalue weighted by atomic mass is 10.4. The number of nitriles is 1. The second-order valence-electron chi connectivity index (χ2n) is 2.22. The molecule has 0 atom stereocenters. The monoisotopic (exact) mass is 213 g/mol. The molecule has 1 N–H and O–H groups in total. The first-order chi connectivity index (χ1) is 7.15. The van der Waals surface area contributed by atoms with E-state index in [0.29, 0.717) is 0 Å². The zero-order chi connectivity index (χ0) is 11.7. The van der Waals surface area contributed by atoms with Gasteiger partial charge < -0.3 is 14.9 Å². The van der Waals surface area contributed by atoms with E-state index in [9.17, 15) is 9.59 Å². The van der Waals surface area contributed by atoms with Gasteiger partial charge in [-0.25, -0.2) is 0 Å². The number of rotatable bonds is 5. The molecule has 0 radical (unpaired) electrons. The van der Waals surface area contributed by atoms with Gasteiger partial charge in [-0.1, -0.05) is 5.16 Å². The summed E-state index contributed by atoms with van der Waals surface area (Å²) in [6, 6.07) is 1.52. The van der Waals surface area contributed by atoms with E-state index in [0.717, 1.165) is 0 Å². The third-order valence-electron chi connectivity index (χ3n) is 1.20. The van der Waals surface area contributed by atoms with Crippen molar-refractivity contribution in [1.29, 1.82) is 5.26 Å². The summed E-state index contributed by atoms with van der Waals surface area (Å²) in [6.07, 6.45) is 0. The van der Waals surface area contributed by atoms with E-state index in [1.807, 2.05) is 0 Å². The van der Waals surface area contributed by atoms with Gasteiger partial charge in [0.2, 0.25) is 5.71 Å². The average molecular weight is 213 g/mol. The van der Waals surface area contributed by atoms with Crippen molar-refractivity contribution in [2.75, 3.05) is 20.3 Å². The Morgan fingerprint density at radius 3 is 2.67 bits per heavy atom. The summed E-state index contributed by atoms with van der Waals surface area (Å²) < 4.78 is 4.56. The molecule has 0 heterocycles. The van der Waals surface area contributed by atoms with E-state index in [1.54, 1.807) is 6.92 Å². The van der Waals surface area contributed by atoms with Gasteiger partial charge >= 0.3 is 5.97 Å². The summed E-state index contributed by atoms with van der Waals surface area (Å²) in [5.74, 6) is -1.37. The zero-order valence-corrected chi connectivity index (χ0v) is 8.44. The predicted molar refractivity (Wildman–Crippen MR) is 49.7 cm³/mol. The topological polar surface area (TPSA) is 101 Å². The van der Waals surface area contributed by atoms with E-state index in [4.69, 9.17) is 5.26 Å². The summed E-state index contributed by atoms with van der Waals surface area (Å²) in [4.78, 5) is 26.2. The Morgan fingerprint density at radius 1 is 1.53 bits per heavy atom. The fraction of sp³-hybridized carbons (Fsp3) is 0.500. The number of nitrogens with zero attached hydrogens (tertiary/aromatic N) is 2. The van der Waals surface area contributed by atoms with Gasteiger partial charge in [0.25, 0.3) is 5.91 Å². The molecule has 1 amide bonds. The Morgan fingerprint density at radius 2 is 2.20 bits per heavy atom. The Kier molecular flexibility index (Phi) is 6.29. The van der Waals surface area contributed by atoms with Crippen LogP contribution >= 0.6 is 0 Å². The minimum Gasteiger partial charge on any atom is -0.465 e. The van der Waals surface area contributed by atoms with Gasteiger partial charge in [0, 0.05) is 0 Å². The highest BCUT2D eigenvalue weighted by Crippen LogP contribution is 1.81. The number of esters is 1. The van der Waals surface area contributed by atoms with Crippen LogP contribution in [0.4, 0.5) is 0 Å². The maximum absolute atomic E-state index is 11.1. The number of amides is 1. The van der Waals surface area contributed by atoms with Crippen LogP contribution in [0.3, 0.4) is 0 Å². The molecule has 0 saturated heterocycles. The maximum atomic E-state index is 11.1. The van der Waals surface area contributed by atoms with E-state index >= 15 is 0 Å². The van der Waals surface area contributed by atoms with E-state index in [1.165, 1.54) is 13.2 Å². The van der Waals surface area contributed by atoms with Crippen LogP contribution < -0.4 is 5.32 Å². The van der Waals surface area contributed by atoms with Crippen molar-refractivity contribution in [3.05, 3.63) is 0 Å². The van der Waals surface area contributed by atoms with Gasteiger partial charge in [-0.15, -0.1) is 0 Å². The number of oxime groups is 1.